The average Bonchev–Trinajstić information content (AvgIpc) is 3.09. The Kier molecular flexibility index (Phi) is 8.38. The normalized spacial score (nSPS) is 25.2. The van der Waals surface area contributed by atoms with Crippen molar-refractivity contribution in [2.24, 2.45) is 5.41 Å². The van der Waals surface area contributed by atoms with Crippen molar-refractivity contribution in [1.29, 1.82) is 0 Å². The number of rotatable bonds is 10. The highest BCUT2D eigenvalue weighted by atomic mass is 16.6. The predicted octanol–water partition coefficient (Wildman–Crippen LogP) is 3.63. The summed E-state index contributed by atoms with van der Waals surface area (Å²) >= 11 is 0. The number of carbonyl (C=O) groups excluding carboxylic acids is 1. The fraction of sp³-hybridized carbons (Fsp3) is 0.952. The molecule has 2 N–H and O–H groups in total. The minimum atomic E-state index is -0.457. The molecule has 2 fully saturated rings. The molecule has 3 atom stereocenters. The van der Waals surface area contributed by atoms with Gasteiger partial charge in [-0.15, -0.1) is 0 Å². The zero-order valence-electron chi connectivity index (χ0n) is 17.9. The first-order chi connectivity index (χ1) is 12.8. The molecule has 0 aromatic carbocycles. The van der Waals surface area contributed by atoms with E-state index >= 15 is 0 Å². The van der Waals surface area contributed by atoms with E-state index in [4.69, 9.17) is 14.2 Å². The Morgan fingerprint density at radius 1 is 1.26 bits per heavy atom. The quantitative estimate of drug-likeness (QED) is 0.563. The number of alkyl carbamates (subject to hydrolysis) is 1. The van der Waals surface area contributed by atoms with Crippen LogP contribution in [0, 0.1) is 5.41 Å². The van der Waals surface area contributed by atoms with Crippen LogP contribution in [0.5, 0.6) is 0 Å². The molecular weight excluding hydrogens is 344 g/mol. The summed E-state index contributed by atoms with van der Waals surface area (Å²) in [6.45, 7) is 9.83. The molecule has 27 heavy (non-hydrogen) atoms. The highest BCUT2D eigenvalue weighted by Gasteiger charge is 2.56. The van der Waals surface area contributed by atoms with E-state index in [0.717, 1.165) is 25.9 Å². The molecule has 0 aliphatic heterocycles. The number of hydrogen-bond donors (Lipinski definition) is 2. The third kappa shape index (κ3) is 6.33. The summed E-state index contributed by atoms with van der Waals surface area (Å²) in [7, 11) is 1.75. The van der Waals surface area contributed by atoms with Crippen molar-refractivity contribution in [2.75, 3.05) is 26.9 Å². The first-order valence-corrected chi connectivity index (χ1v) is 10.6. The number of carbonyl (C=O) groups is 1. The van der Waals surface area contributed by atoms with E-state index in [1.807, 2.05) is 20.8 Å². The van der Waals surface area contributed by atoms with E-state index < -0.39 is 5.60 Å². The van der Waals surface area contributed by atoms with Crippen LogP contribution in [0.3, 0.4) is 0 Å². The lowest BCUT2D eigenvalue weighted by Gasteiger charge is -2.55. The Hall–Kier alpha value is -0.850. The van der Waals surface area contributed by atoms with Crippen LogP contribution in [0.4, 0.5) is 4.79 Å². The second-order valence-corrected chi connectivity index (χ2v) is 9.06. The maximum Gasteiger partial charge on any atom is 0.407 e. The molecule has 6 nitrogen and oxygen atoms in total. The standard InChI is InChI=1S/C21H40N2O4/c1-6-26-18-14-17(21(18)11-7-8-12-21)23-16(15-25-5)10-9-13-22-19(24)27-20(2,3)4/h16-18,23H,6-15H2,1-5H3,(H,22,24)/t16-,17+,18+/m0/s1. The smallest absolute Gasteiger partial charge is 0.407 e. The molecule has 2 aliphatic rings. The van der Waals surface area contributed by atoms with Gasteiger partial charge in [0.05, 0.1) is 12.7 Å². The van der Waals surface area contributed by atoms with E-state index in [1.54, 1.807) is 7.11 Å². The van der Waals surface area contributed by atoms with Gasteiger partial charge >= 0.3 is 6.09 Å². The van der Waals surface area contributed by atoms with E-state index in [2.05, 4.69) is 17.6 Å². The molecule has 6 heteroatoms. The fourth-order valence-electron chi connectivity index (χ4n) is 4.67. The molecule has 1 amide bonds. The number of nitrogens with one attached hydrogen (secondary N) is 2. The van der Waals surface area contributed by atoms with Crippen molar-refractivity contribution in [1.82, 2.24) is 10.6 Å². The molecule has 0 unspecified atom stereocenters. The molecule has 1 spiro atoms. The number of ether oxygens (including phenoxy) is 3. The molecule has 2 aliphatic carbocycles. The van der Waals surface area contributed by atoms with Crippen molar-refractivity contribution in [2.45, 2.75) is 96.4 Å². The molecule has 158 valence electrons. The van der Waals surface area contributed by atoms with Gasteiger partial charge in [-0.2, -0.15) is 0 Å². The highest BCUT2D eigenvalue weighted by Crippen LogP contribution is 2.54. The van der Waals surface area contributed by atoms with Gasteiger partial charge in [-0.3, -0.25) is 0 Å². The lowest BCUT2D eigenvalue weighted by Crippen LogP contribution is -2.64. The molecule has 2 rings (SSSR count). The molecule has 2 saturated carbocycles. The van der Waals surface area contributed by atoms with Gasteiger partial charge in [0, 0.05) is 37.8 Å². The van der Waals surface area contributed by atoms with Gasteiger partial charge in [0.1, 0.15) is 5.60 Å². The maximum absolute atomic E-state index is 11.7. The number of hydrogen-bond acceptors (Lipinski definition) is 5. The van der Waals surface area contributed by atoms with E-state index in [9.17, 15) is 4.79 Å². The van der Waals surface area contributed by atoms with Crippen molar-refractivity contribution in [3.63, 3.8) is 0 Å². The van der Waals surface area contributed by atoms with Crippen molar-refractivity contribution in [3.05, 3.63) is 0 Å². The Morgan fingerprint density at radius 2 is 1.96 bits per heavy atom. The predicted molar refractivity (Wildman–Crippen MR) is 107 cm³/mol. The monoisotopic (exact) mass is 384 g/mol. The molecular formula is C21H40N2O4. The third-order valence-corrected chi connectivity index (χ3v) is 5.89. The van der Waals surface area contributed by atoms with Crippen LogP contribution in [0.25, 0.3) is 0 Å². The molecule has 0 saturated heterocycles. The third-order valence-electron chi connectivity index (χ3n) is 5.89. The van der Waals surface area contributed by atoms with Gasteiger partial charge in [0.25, 0.3) is 0 Å². The van der Waals surface area contributed by atoms with Crippen LogP contribution < -0.4 is 10.6 Å². The molecule has 0 bridgehead atoms. The minimum absolute atomic E-state index is 0.306. The second-order valence-electron chi connectivity index (χ2n) is 9.06. The van der Waals surface area contributed by atoms with E-state index in [-0.39, 0.29) is 6.09 Å². The Labute approximate surface area is 165 Å². The summed E-state index contributed by atoms with van der Waals surface area (Å²) in [4.78, 5) is 11.7. The summed E-state index contributed by atoms with van der Waals surface area (Å²) < 4.78 is 16.7. The van der Waals surface area contributed by atoms with Crippen molar-refractivity contribution < 1.29 is 19.0 Å². The highest BCUT2D eigenvalue weighted by molar-refractivity contribution is 5.67. The Balaban J connectivity index is 1.76. The van der Waals surface area contributed by atoms with Gasteiger partial charge in [-0.25, -0.2) is 4.79 Å². The van der Waals surface area contributed by atoms with E-state index in [0.29, 0.717) is 36.8 Å². The van der Waals surface area contributed by atoms with Gasteiger partial charge in [0.15, 0.2) is 0 Å². The summed E-state index contributed by atoms with van der Waals surface area (Å²) in [6.07, 6.45) is 8.22. The minimum Gasteiger partial charge on any atom is -0.444 e. The number of amides is 1. The van der Waals surface area contributed by atoms with Gasteiger partial charge in [-0.05, 0) is 59.8 Å². The topological polar surface area (TPSA) is 68.8 Å². The molecule has 0 heterocycles. The number of methoxy groups -OCH3 is 1. The summed E-state index contributed by atoms with van der Waals surface area (Å²) in [5.41, 5.74) is -0.127. The average molecular weight is 385 g/mol. The Morgan fingerprint density at radius 3 is 2.56 bits per heavy atom. The molecule has 0 aromatic rings. The fourth-order valence-corrected chi connectivity index (χ4v) is 4.67. The van der Waals surface area contributed by atoms with Gasteiger partial charge < -0.3 is 24.8 Å². The first-order valence-electron chi connectivity index (χ1n) is 10.6. The van der Waals surface area contributed by atoms with Crippen molar-refractivity contribution in [3.8, 4) is 0 Å². The molecule has 0 radical (unpaired) electrons. The summed E-state index contributed by atoms with van der Waals surface area (Å²) in [6, 6.07) is 0.830. The van der Waals surface area contributed by atoms with Gasteiger partial charge in [0.2, 0.25) is 0 Å². The first kappa shape index (κ1) is 22.4. The van der Waals surface area contributed by atoms with Gasteiger partial charge in [-0.1, -0.05) is 12.8 Å². The largest absolute Gasteiger partial charge is 0.444 e. The van der Waals surface area contributed by atoms with Crippen LogP contribution in [-0.2, 0) is 14.2 Å². The lowest BCUT2D eigenvalue weighted by molar-refractivity contribution is -0.134. The SMILES string of the molecule is CCO[C@@H]1C[C@@H](N[C@@H](CCCNC(=O)OC(C)(C)C)COC)C12CCCC2. The van der Waals surface area contributed by atoms with Crippen molar-refractivity contribution >= 4 is 6.09 Å². The van der Waals surface area contributed by atoms with Crippen LogP contribution >= 0.6 is 0 Å². The second kappa shape index (κ2) is 10.1. The summed E-state index contributed by atoms with van der Waals surface area (Å²) in [5, 5.41) is 6.69. The lowest BCUT2D eigenvalue weighted by atomic mass is 9.60. The summed E-state index contributed by atoms with van der Waals surface area (Å²) in [5.74, 6) is 0. The maximum atomic E-state index is 11.7. The molecule has 0 aromatic heterocycles. The van der Waals surface area contributed by atoms with Crippen LogP contribution in [0.1, 0.15) is 72.6 Å². The van der Waals surface area contributed by atoms with E-state index in [1.165, 1.54) is 25.7 Å². The zero-order valence-corrected chi connectivity index (χ0v) is 17.9. The van der Waals surface area contributed by atoms with Crippen LogP contribution in [-0.4, -0.2) is 56.8 Å². The van der Waals surface area contributed by atoms with Crippen LogP contribution in [0.2, 0.25) is 0 Å². The van der Waals surface area contributed by atoms with Crippen LogP contribution in [0.15, 0.2) is 0 Å². The Bertz CT molecular complexity index is 458. The zero-order chi connectivity index (χ0) is 19.9.